The summed E-state index contributed by atoms with van der Waals surface area (Å²) in [5.74, 6) is -3.48. The van der Waals surface area contributed by atoms with Crippen molar-refractivity contribution in [3.63, 3.8) is 0 Å². The van der Waals surface area contributed by atoms with Gasteiger partial charge in [0.2, 0.25) is 0 Å². The van der Waals surface area contributed by atoms with E-state index in [0.29, 0.717) is 25.7 Å². The van der Waals surface area contributed by atoms with Gasteiger partial charge in [0.25, 0.3) is 0 Å². The van der Waals surface area contributed by atoms with Gasteiger partial charge < -0.3 is 10.2 Å². The van der Waals surface area contributed by atoms with Gasteiger partial charge >= 0.3 is 0 Å². The van der Waals surface area contributed by atoms with E-state index in [1.165, 1.54) is 0 Å². The smallest absolute Gasteiger partial charge is 0.183 e. The molecular formula is C22H34O5. The van der Waals surface area contributed by atoms with Crippen LogP contribution in [0.3, 0.4) is 0 Å². The maximum atomic E-state index is 13.4. The first kappa shape index (κ1) is 23.1. The number of aliphatic hydroxyl groups is 2. The highest BCUT2D eigenvalue weighted by molar-refractivity contribution is 6.26. The van der Waals surface area contributed by atoms with E-state index in [4.69, 9.17) is 0 Å². The molecule has 0 saturated carbocycles. The number of allylic oxidation sites excluding steroid dienone is 3. The molecule has 0 unspecified atom stereocenters. The number of aliphatic hydroxyl groups excluding tert-OH is 2. The standard InChI is InChI=1S/C22H34O5/c1-7-9-11-22(12-10-8-2)20(26)15(17(23)13(3)4)19(25)16(21(22)27)18(24)14(5)6/h13-14,25-26H,7-12H2,1-6H3. The summed E-state index contributed by atoms with van der Waals surface area (Å²) in [6.07, 6.45) is 3.67. The van der Waals surface area contributed by atoms with Crippen LogP contribution in [0.25, 0.3) is 0 Å². The highest BCUT2D eigenvalue weighted by Gasteiger charge is 2.52. The first-order valence-corrected chi connectivity index (χ1v) is 10.1. The number of carbonyl (C=O) groups is 3. The van der Waals surface area contributed by atoms with Crippen LogP contribution in [-0.2, 0) is 14.4 Å². The summed E-state index contributed by atoms with van der Waals surface area (Å²) in [6, 6.07) is 0. The number of hydrogen-bond donors (Lipinski definition) is 2. The summed E-state index contributed by atoms with van der Waals surface area (Å²) >= 11 is 0. The molecule has 152 valence electrons. The van der Waals surface area contributed by atoms with Crippen molar-refractivity contribution >= 4 is 17.3 Å². The monoisotopic (exact) mass is 378 g/mol. The van der Waals surface area contributed by atoms with E-state index in [1.807, 2.05) is 13.8 Å². The molecule has 0 aromatic rings. The molecular weight excluding hydrogens is 344 g/mol. The van der Waals surface area contributed by atoms with Gasteiger partial charge in [-0.3, -0.25) is 14.4 Å². The van der Waals surface area contributed by atoms with E-state index in [0.717, 1.165) is 12.8 Å². The molecule has 0 radical (unpaired) electrons. The van der Waals surface area contributed by atoms with Gasteiger partial charge in [-0.1, -0.05) is 67.2 Å². The van der Waals surface area contributed by atoms with E-state index >= 15 is 0 Å². The Morgan fingerprint density at radius 1 is 0.852 bits per heavy atom. The Morgan fingerprint density at radius 3 is 1.63 bits per heavy atom. The van der Waals surface area contributed by atoms with E-state index < -0.39 is 40.4 Å². The van der Waals surface area contributed by atoms with Crippen LogP contribution in [0.5, 0.6) is 0 Å². The third-order valence-electron chi connectivity index (χ3n) is 5.28. The fourth-order valence-corrected chi connectivity index (χ4v) is 3.52. The van der Waals surface area contributed by atoms with Gasteiger partial charge in [-0.25, -0.2) is 0 Å². The molecule has 5 nitrogen and oxygen atoms in total. The van der Waals surface area contributed by atoms with Gasteiger partial charge in [-0.05, 0) is 12.8 Å². The summed E-state index contributed by atoms with van der Waals surface area (Å²) in [4.78, 5) is 38.9. The van der Waals surface area contributed by atoms with E-state index in [9.17, 15) is 24.6 Å². The van der Waals surface area contributed by atoms with Gasteiger partial charge in [-0.15, -0.1) is 0 Å². The Bertz CT molecular complexity index is 656. The minimum absolute atomic E-state index is 0.249. The molecule has 5 heteroatoms. The predicted molar refractivity (Wildman–Crippen MR) is 105 cm³/mol. The number of unbranched alkanes of at least 4 members (excludes halogenated alkanes) is 2. The molecule has 2 N–H and O–H groups in total. The quantitative estimate of drug-likeness (QED) is 0.521. The fourth-order valence-electron chi connectivity index (χ4n) is 3.52. The van der Waals surface area contributed by atoms with Gasteiger partial charge in [0.15, 0.2) is 17.3 Å². The van der Waals surface area contributed by atoms with Crippen LogP contribution >= 0.6 is 0 Å². The molecule has 1 aliphatic carbocycles. The zero-order valence-electron chi connectivity index (χ0n) is 17.5. The second-order valence-corrected chi connectivity index (χ2v) is 8.10. The number of hydrogen-bond acceptors (Lipinski definition) is 5. The van der Waals surface area contributed by atoms with E-state index in [1.54, 1.807) is 27.7 Å². The highest BCUT2D eigenvalue weighted by atomic mass is 16.3. The second-order valence-electron chi connectivity index (χ2n) is 8.10. The molecule has 0 bridgehead atoms. The highest BCUT2D eigenvalue weighted by Crippen LogP contribution is 2.47. The lowest BCUT2D eigenvalue weighted by Crippen LogP contribution is -2.43. The Balaban J connectivity index is 3.79. The second kappa shape index (κ2) is 9.34. The summed E-state index contributed by atoms with van der Waals surface area (Å²) in [5.41, 5.74) is -1.88. The molecule has 0 fully saturated rings. The average Bonchev–Trinajstić information content (AvgIpc) is 2.61. The molecule has 0 saturated heterocycles. The van der Waals surface area contributed by atoms with Crippen molar-refractivity contribution in [2.75, 3.05) is 0 Å². The Kier molecular flexibility index (Phi) is 8.00. The summed E-state index contributed by atoms with van der Waals surface area (Å²) in [7, 11) is 0. The Morgan fingerprint density at radius 2 is 1.26 bits per heavy atom. The van der Waals surface area contributed by atoms with Gasteiger partial charge in [0.1, 0.15) is 17.1 Å². The Hall–Kier alpha value is -1.91. The normalized spacial score (nSPS) is 17.3. The average molecular weight is 379 g/mol. The Labute approximate surface area is 162 Å². The minimum Gasteiger partial charge on any atom is -0.510 e. The van der Waals surface area contributed by atoms with Crippen molar-refractivity contribution in [2.24, 2.45) is 17.3 Å². The molecule has 0 amide bonds. The predicted octanol–water partition coefficient (Wildman–Crippen LogP) is 5.01. The number of rotatable bonds is 10. The first-order valence-electron chi connectivity index (χ1n) is 10.1. The van der Waals surface area contributed by atoms with Gasteiger partial charge in [0.05, 0.1) is 11.0 Å². The van der Waals surface area contributed by atoms with Crippen molar-refractivity contribution in [3.8, 4) is 0 Å². The van der Waals surface area contributed by atoms with Crippen LogP contribution in [0.15, 0.2) is 22.7 Å². The lowest BCUT2D eigenvalue weighted by Gasteiger charge is -2.37. The topological polar surface area (TPSA) is 91.7 Å². The maximum absolute atomic E-state index is 13.4. The van der Waals surface area contributed by atoms with Crippen LogP contribution in [0.4, 0.5) is 0 Å². The van der Waals surface area contributed by atoms with Gasteiger partial charge in [0, 0.05) is 11.8 Å². The van der Waals surface area contributed by atoms with Crippen LogP contribution in [0.2, 0.25) is 0 Å². The van der Waals surface area contributed by atoms with Crippen LogP contribution < -0.4 is 0 Å². The zero-order chi connectivity index (χ0) is 20.9. The molecule has 0 aromatic heterocycles. The first-order chi connectivity index (χ1) is 12.6. The summed E-state index contributed by atoms with van der Waals surface area (Å²) < 4.78 is 0. The molecule has 1 rings (SSSR count). The number of ketones is 3. The SMILES string of the molecule is CCCCC1(CCCC)C(=O)C(C(=O)C(C)C)=C(O)C(C(=O)C(C)C)=C1O. The van der Waals surface area contributed by atoms with Crippen LogP contribution in [0, 0.1) is 17.3 Å². The lowest BCUT2D eigenvalue weighted by atomic mass is 9.65. The fraction of sp³-hybridized carbons (Fsp3) is 0.682. The van der Waals surface area contributed by atoms with Gasteiger partial charge in [-0.2, -0.15) is 0 Å². The largest absolute Gasteiger partial charge is 0.510 e. The third-order valence-corrected chi connectivity index (χ3v) is 5.28. The van der Waals surface area contributed by atoms with E-state index in [-0.39, 0.29) is 16.9 Å². The van der Waals surface area contributed by atoms with E-state index in [2.05, 4.69) is 0 Å². The van der Waals surface area contributed by atoms with Crippen molar-refractivity contribution in [1.82, 2.24) is 0 Å². The minimum atomic E-state index is -1.31. The third kappa shape index (κ3) is 4.33. The number of Topliss-reactive ketones (excluding diaryl/α,β-unsaturated/α-hetero) is 3. The molecule has 0 spiro atoms. The van der Waals surface area contributed by atoms with Crippen LogP contribution in [-0.4, -0.2) is 27.6 Å². The van der Waals surface area contributed by atoms with Crippen molar-refractivity contribution in [2.45, 2.75) is 80.1 Å². The maximum Gasteiger partial charge on any atom is 0.183 e. The molecule has 0 aliphatic heterocycles. The number of carbonyl (C=O) groups excluding carboxylic acids is 3. The molecule has 1 aliphatic rings. The summed E-state index contributed by atoms with van der Waals surface area (Å²) in [6.45, 7) is 10.6. The summed E-state index contributed by atoms with van der Waals surface area (Å²) in [5, 5.41) is 21.8. The molecule has 0 heterocycles. The lowest BCUT2D eigenvalue weighted by molar-refractivity contribution is -0.130. The van der Waals surface area contributed by atoms with Crippen molar-refractivity contribution in [3.05, 3.63) is 22.7 Å². The molecule has 0 aromatic carbocycles. The molecule has 27 heavy (non-hydrogen) atoms. The molecule has 0 atom stereocenters. The van der Waals surface area contributed by atoms with Crippen molar-refractivity contribution < 1.29 is 24.6 Å². The van der Waals surface area contributed by atoms with Crippen molar-refractivity contribution in [1.29, 1.82) is 0 Å². The van der Waals surface area contributed by atoms with Crippen LogP contribution in [0.1, 0.15) is 80.1 Å². The zero-order valence-corrected chi connectivity index (χ0v) is 17.5.